The monoisotopic (exact) mass is 415 g/mol. The van der Waals surface area contributed by atoms with E-state index in [0.717, 1.165) is 12.0 Å². The summed E-state index contributed by atoms with van der Waals surface area (Å²) in [5.41, 5.74) is 12.6. The molecule has 0 bridgehead atoms. The minimum Gasteiger partial charge on any atom is -0.399 e. The van der Waals surface area contributed by atoms with Gasteiger partial charge < -0.3 is 26.1 Å². The van der Waals surface area contributed by atoms with E-state index in [9.17, 15) is 14.4 Å². The molecular weight excluding hydrogens is 386 g/mol. The zero-order valence-corrected chi connectivity index (χ0v) is 17.6. The summed E-state index contributed by atoms with van der Waals surface area (Å²) in [6, 6.07) is 2.11. The van der Waals surface area contributed by atoms with E-state index in [2.05, 4.69) is 10.3 Å². The van der Waals surface area contributed by atoms with Crippen molar-refractivity contribution < 1.29 is 14.0 Å². The normalized spacial score (nSPS) is 17.5. The molecule has 3 rings (SSSR count). The number of primary amides is 1. The van der Waals surface area contributed by atoms with Gasteiger partial charge in [0.05, 0.1) is 10.9 Å². The number of anilines is 2. The molecule has 1 aromatic heterocycles. The van der Waals surface area contributed by atoms with Crippen LogP contribution in [0.2, 0.25) is 0 Å². The van der Waals surface area contributed by atoms with Crippen molar-refractivity contribution in [1.82, 2.24) is 10.3 Å². The molecule has 0 saturated carbocycles. The minimum absolute atomic E-state index is 0.0808. The van der Waals surface area contributed by atoms with Gasteiger partial charge in [0.1, 0.15) is 12.1 Å². The number of nitrogen functional groups attached to an aromatic ring is 1. The van der Waals surface area contributed by atoms with Crippen molar-refractivity contribution in [2.45, 2.75) is 58.5 Å². The summed E-state index contributed by atoms with van der Waals surface area (Å²) >= 11 is 0. The van der Waals surface area contributed by atoms with Crippen LogP contribution >= 0.6 is 0 Å². The van der Waals surface area contributed by atoms with E-state index < -0.39 is 23.6 Å². The summed E-state index contributed by atoms with van der Waals surface area (Å²) in [5.74, 6) is -0.705. The van der Waals surface area contributed by atoms with Crippen LogP contribution in [0, 0.1) is 5.92 Å². The second kappa shape index (κ2) is 8.73. The average Bonchev–Trinajstić information content (AvgIpc) is 3.15. The highest BCUT2D eigenvalue weighted by molar-refractivity contribution is 5.91. The molecule has 1 saturated heterocycles. The summed E-state index contributed by atoms with van der Waals surface area (Å²) in [6.45, 7) is 6.34. The Morgan fingerprint density at radius 2 is 2.10 bits per heavy atom. The lowest BCUT2D eigenvalue weighted by Crippen LogP contribution is -2.51. The molecule has 2 atom stereocenters. The summed E-state index contributed by atoms with van der Waals surface area (Å²) in [7, 11) is 0. The first-order valence-corrected chi connectivity index (χ1v) is 10.3. The number of benzene rings is 1. The third-order valence-electron chi connectivity index (χ3n) is 5.37. The van der Waals surface area contributed by atoms with Gasteiger partial charge in [-0.3, -0.25) is 9.59 Å². The minimum atomic E-state index is -0.747. The Morgan fingerprint density at radius 1 is 1.37 bits per heavy atom. The Labute approximate surface area is 174 Å². The second-order valence-corrected chi connectivity index (χ2v) is 8.16. The predicted molar refractivity (Wildman–Crippen MR) is 115 cm³/mol. The fourth-order valence-corrected chi connectivity index (χ4v) is 3.95. The topological polar surface area (TPSA) is 145 Å². The van der Waals surface area contributed by atoms with E-state index in [0.29, 0.717) is 42.4 Å². The number of amides is 2. The number of rotatable bonds is 7. The number of aryl methyl sites for hydroxylation is 1. The molecule has 1 fully saturated rings. The van der Waals surface area contributed by atoms with Crippen molar-refractivity contribution >= 4 is 34.4 Å². The average molecular weight is 415 g/mol. The van der Waals surface area contributed by atoms with E-state index >= 15 is 0 Å². The van der Waals surface area contributed by atoms with Gasteiger partial charge in [0.25, 0.3) is 0 Å². The molecule has 162 valence electrons. The second-order valence-electron chi connectivity index (χ2n) is 8.16. The van der Waals surface area contributed by atoms with Crippen molar-refractivity contribution in [3.05, 3.63) is 28.1 Å². The number of fused-ring (bicyclic) bond motifs is 1. The molecule has 1 aliphatic heterocycles. The Bertz CT molecular complexity index is 1020. The Balaban J connectivity index is 1.91. The lowest BCUT2D eigenvalue weighted by Gasteiger charge is -2.25. The molecule has 2 heterocycles. The molecule has 2 amide bonds. The number of hydrogen-bond donors (Lipinski definition) is 3. The van der Waals surface area contributed by atoms with Crippen LogP contribution in [-0.4, -0.2) is 35.4 Å². The Morgan fingerprint density at radius 3 is 2.73 bits per heavy atom. The fraction of sp³-hybridized carbons (Fsp3) is 0.524. The van der Waals surface area contributed by atoms with Crippen molar-refractivity contribution in [1.29, 1.82) is 0 Å². The third-order valence-corrected chi connectivity index (χ3v) is 5.37. The van der Waals surface area contributed by atoms with Crippen LogP contribution in [0.15, 0.2) is 21.3 Å². The molecule has 9 heteroatoms. The lowest BCUT2D eigenvalue weighted by atomic mass is 10.0. The first-order valence-electron chi connectivity index (χ1n) is 10.3. The molecular formula is C21H29N5O4. The molecule has 1 unspecified atom stereocenters. The summed E-state index contributed by atoms with van der Waals surface area (Å²) in [6.07, 6.45) is 2.35. The van der Waals surface area contributed by atoms with Crippen molar-refractivity contribution in [2.75, 3.05) is 17.2 Å². The molecule has 2 aromatic rings. The van der Waals surface area contributed by atoms with Gasteiger partial charge in [-0.15, -0.1) is 0 Å². The smallest absolute Gasteiger partial charge is 0.348 e. The molecule has 1 aliphatic rings. The molecule has 9 nitrogen and oxygen atoms in total. The van der Waals surface area contributed by atoms with Crippen LogP contribution in [0.5, 0.6) is 0 Å². The molecule has 5 N–H and O–H groups in total. The van der Waals surface area contributed by atoms with Crippen LogP contribution < -0.4 is 27.3 Å². The van der Waals surface area contributed by atoms with Crippen molar-refractivity contribution in [3.8, 4) is 0 Å². The van der Waals surface area contributed by atoms with Gasteiger partial charge in [0.2, 0.25) is 11.8 Å². The van der Waals surface area contributed by atoms with Crippen LogP contribution in [0.25, 0.3) is 10.9 Å². The Hall–Kier alpha value is -3.10. The third kappa shape index (κ3) is 4.39. The van der Waals surface area contributed by atoms with Gasteiger partial charge in [-0.1, -0.05) is 20.8 Å². The number of aromatic nitrogens is 1. The summed E-state index contributed by atoms with van der Waals surface area (Å²) in [4.78, 5) is 43.5. The molecule has 1 aromatic carbocycles. The van der Waals surface area contributed by atoms with E-state index in [4.69, 9.17) is 15.9 Å². The lowest BCUT2D eigenvalue weighted by molar-refractivity contribution is -0.128. The Kier molecular flexibility index (Phi) is 6.28. The zero-order chi connectivity index (χ0) is 22.0. The van der Waals surface area contributed by atoms with Gasteiger partial charge in [0, 0.05) is 12.2 Å². The number of carbonyl (C=O) groups excluding carboxylic acids is 2. The number of nitrogens with two attached hydrogens (primary N) is 2. The van der Waals surface area contributed by atoms with Gasteiger partial charge in [0.15, 0.2) is 0 Å². The van der Waals surface area contributed by atoms with E-state index in [1.54, 1.807) is 17.0 Å². The summed E-state index contributed by atoms with van der Waals surface area (Å²) < 4.78 is 5.50. The van der Waals surface area contributed by atoms with Crippen LogP contribution in [0.3, 0.4) is 0 Å². The van der Waals surface area contributed by atoms with E-state index in [1.165, 1.54) is 0 Å². The van der Waals surface area contributed by atoms with Crippen LogP contribution in [0.4, 0.5) is 11.7 Å². The standard InChI is InChI=1S/C21H29N5O4/c1-4-12-9-13(22)10-14-17(12)20(29)30-21(25-14)26-7-5-6-16(26)19(28)24-15(18(23)27)8-11(2)3/h9-11,15-16H,4-8,22H2,1-3H3,(H2,23,27)(H,24,28)/t15-,16?/m0/s1. The number of carbonyl (C=O) groups is 2. The molecule has 0 aliphatic carbocycles. The zero-order valence-electron chi connectivity index (χ0n) is 17.6. The largest absolute Gasteiger partial charge is 0.399 e. The highest BCUT2D eigenvalue weighted by atomic mass is 16.4. The molecule has 0 spiro atoms. The SMILES string of the molecule is CCc1cc(N)cc2nc(N3CCCC3C(=O)N[C@@H](CC(C)C)C(N)=O)oc(=O)c12. The van der Waals surface area contributed by atoms with Gasteiger partial charge in [-0.2, -0.15) is 4.98 Å². The molecule has 0 radical (unpaired) electrons. The first kappa shape index (κ1) is 21.6. The van der Waals surface area contributed by atoms with Gasteiger partial charge in [-0.05, 0) is 49.3 Å². The number of nitrogens with one attached hydrogen (secondary N) is 1. The first-order chi connectivity index (χ1) is 14.2. The van der Waals surface area contributed by atoms with Crippen molar-refractivity contribution in [2.24, 2.45) is 11.7 Å². The molecule has 30 heavy (non-hydrogen) atoms. The van der Waals surface area contributed by atoms with Gasteiger partial charge in [-0.25, -0.2) is 4.79 Å². The van der Waals surface area contributed by atoms with Crippen LogP contribution in [-0.2, 0) is 16.0 Å². The fourth-order valence-electron chi connectivity index (χ4n) is 3.95. The number of nitrogens with zero attached hydrogens (tertiary/aromatic N) is 2. The maximum Gasteiger partial charge on any atom is 0.348 e. The highest BCUT2D eigenvalue weighted by Crippen LogP contribution is 2.27. The number of hydrogen-bond acceptors (Lipinski definition) is 7. The van der Waals surface area contributed by atoms with Crippen LogP contribution in [0.1, 0.15) is 45.6 Å². The van der Waals surface area contributed by atoms with Crippen molar-refractivity contribution in [3.63, 3.8) is 0 Å². The van der Waals surface area contributed by atoms with E-state index in [-0.39, 0.29) is 17.8 Å². The highest BCUT2D eigenvalue weighted by Gasteiger charge is 2.35. The quantitative estimate of drug-likeness (QED) is 0.578. The maximum atomic E-state index is 12.9. The van der Waals surface area contributed by atoms with Gasteiger partial charge >= 0.3 is 11.6 Å². The maximum absolute atomic E-state index is 12.9. The van der Waals surface area contributed by atoms with E-state index in [1.807, 2.05) is 20.8 Å². The summed E-state index contributed by atoms with van der Waals surface area (Å²) in [5, 5.41) is 3.15. The predicted octanol–water partition coefficient (Wildman–Crippen LogP) is 1.32.